The minimum absolute atomic E-state index is 0.833. The van der Waals surface area contributed by atoms with Gasteiger partial charge < -0.3 is 0 Å². The van der Waals surface area contributed by atoms with E-state index >= 15 is 0 Å². The molecule has 0 aromatic heterocycles. The number of halogens is 1. The predicted octanol–water partition coefficient (Wildman–Crippen LogP) is 3.28. The van der Waals surface area contributed by atoms with E-state index in [9.17, 15) is 0 Å². The molecule has 5 heteroatoms. The van der Waals surface area contributed by atoms with Gasteiger partial charge in [0.1, 0.15) is 0 Å². The van der Waals surface area contributed by atoms with E-state index in [1.807, 2.05) is 0 Å². The molecule has 0 heterocycles. The first-order valence-electron chi connectivity index (χ1n) is 6.34. The molecule has 104 valence electrons. The molecule has 0 fully saturated rings. The Labute approximate surface area is 114 Å². The summed E-state index contributed by atoms with van der Waals surface area (Å²) in [6.07, 6.45) is 3.32. The Morgan fingerprint density at radius 1 is 0.706 bits per heavy atom. The Morgan fingerprint density at radius 3 is 1.24 bits per heavy atom. The summed E-state index contributed by atoms with van der Waals surface area (Å²) in [5.41, 5.74) is 0. The quantitative estimate of drug-likeness (QED) is 0.388. The van der Waals surface area contributed by atoms with Crippen molar-refractivity contribution in [3.8, 4) is 0 Å². The van der Waals surface area contributed by atoms with Gasteiger partial charge in [0.15, 0.2) is 0 Å². The van der Waals surface area contributed by atoms with Crippen LogP contribution < -0.4 is 0 Å². The van der Waals surface area contributed by atoms with Gasteiger partial charge in [-0.3, -0.25) is 0 Å². The summed E-state index contributed by atoms with van der Waals surface area (Å²) in [6.45, 7) is 2.50. The summed E-state index contributed by atoms with van der Waals surface area (Å²) in [7, 11) is 12.1. The summed E-state index contributed by atoms with van der Waals surface area (Å²) in [5, 5.41) is 0. The number of hydrogen-bond acceptors (Lipinski definition) is 3. The maximum atomic E-state index is 6.89. The molecule has 0 radical (unpaired) electrons. The van der Waals surface area contributed by atoms with E-state index in [1.165, 1.54) is 13.3 Å². The van der Waals surface area contributed by atoms with E-state index in [-0.39, 0.29) is 0 Å². The molecule has 0 aromatic carbocycles. The topological polar surface area (TPSA) is 27.7 Å². The third kappa shape index (κ3) is 10.6. The van der Waals surface area contributed by atoms with Crippen molar-refractivity contribution in [2.24, 2.45) is 0 Å². The molecule has 0 bridgehead atoms. The van der Waals surface area contributed by atoms with Crippen LogP contribution in [0, 0.1) is 0 Å². The molecule has 0 N–H and O–H groups in total. The van der Waals surface area contributed by atoms with Crippen molar-refractivity contribution in [3.05, 3.63) is 0 Å². The van der Waals surface area contributed by atoms with Gasteiger partial charge in [-0.1, -0.05) is 0 Å². The Kier molecular flexibility index (Phi) is 12.7. The SMILES string of the molecule is COCC[CH2][Sn]([Cl])([CH2]CCOC)[CH2]CCOC. The first-order chi connectivity index (χ1) is 8.18. The fraction of sp³-hybridized carbons (Fsp3) is 1.00. The van der Waals surface area contributed by atoms with Gasteiger partial charge in [-0.15, -0.1) is 0 Å². The van der Waals surface area contributed by atoms with Crippen LogP contribution in [0.25, 0.3) is 0 Å². The van der Waals surface area contributed by atoms with Crippen LogP contribution in [-0.4, -0.2) is 58.4 Å². The summed E-state index contributed by atoms with van der Waals surface area (Å²) < 4.78 is 19.0. The van der Waals surface area contributed by atoms with Crippen molar-refractivity contribution in [1.82, 2.24) is 0 Å². The van der Waals surface area contributed by atoms with Gasteiger partial charge in [0.2, 0.25) is 0 Å². The van der Waals surface area contributed by atoms with Crippen molar-refractivity contribution < 1.29 is 14.2 Å². The van der Waals surface area contributed by atoms with E-state index in [4.69, 9.17) is 23.1 Å². The predicted molar refractivity (Wildman–Crippen MR) is 75.5 cm³/mol. The Balaban J connectivity index is 3.95. The summed E-state index contributed by atoms with van der Waals surface area (Å²) in [5.74, 6) is 0. The van der Waals surface area contributed by atoms with Crippen LogP contribution in [0.1, 0.15) is 19.3 Å². The molecule has 17 heavy (non-hydrogen) atoms. The van der Waals surface area contributed by atoms with Gasteiger partial charge in [0, 0.05) is 0 Å². The molecule has 0 rings (SSSR count). The van der Waals surface area contributed by atoms with Crippen molar-refractivity contribution >= 4 is 26.2 Å². The molecule has 0 atom stereocenters. The molecule has 0 amide bonds. The second-order valence-corrected chi connectivity index (χ2v) is 20.7. The molecule has 3 nitrogen and oxygen atoms in total. The molecular weight excluding hydrogens is 346 g/mol. The Hall–Kier alpha value is 0.969. The number of hydrogen-bond donors (Lipinski definition) is 0. The van der Waals surface area contributed by atoms with Gasteiger partial charge >= 0.3 is 114 Å². The van der Waals surface area contributed by atoms with E-state index in [0.29, 0.717) is 0 Å². The maximum absolute atomic E-state index is 6.89. The van der Waals surface area contributed by atoms with E-state index in [1.54, 1.807) is 21.3 Å². The Morgan fingerprint density at radius 2 is 1.00 bits per heavy atom. The third-order valence-corrected chi connectivity index (χ3v) is 17.4. The van der Waals surface area contributed by atoms with Crippen molar-refractivity contribution in [2.45, 2.75) is 32.6 Å². The zero-order chi connectivity index (χ0) is 13.0. The van der Waals surface area contributed by atoms with Crippen molar-refractivity contribution in [1.29, 1.82) is 0 Å². The average Bonchev–Trinajstić information content (AvgIpc) is 2.30. The summed E-state index contributed by atoms with van der Waals surface area (Å²) >= 11 is -2.40. The normalized spacial score (nSPS) is 12.0. The van der Waals surface area contributed by atoms with Crippen LogP contribution in [0.5, 0.6) is 0 Å². The molecule has 0 unspecified atom stereocenters. The number of ether oxygens (including phenoxy) is 3. The second-order valence-electron chi connectivity index (χ2n) is 4.44. The average molecular weight is 374 g/mol. The van der Waals surface area contributed by atoms with Crippen LogP contribution in [0.2, 0.25) is 13.3 Å². The van der Waals surface area contributed by atoms with Gasteiger partial charge in [-0.2, -0.15) is 0 Å². The van der Waals surface area contributed by atoms with Gasteiger partial charge in [0.25, 0.3) is 0 Å². The van der Waals surface area contributed by atoms with Gasteiger partial charge in [-0.25, -0.2) is 0 Å². The molecule has 0 aliphatic heterocycles. The van der Waals surface area contributed by atoms with Crippen LogP contribution in [0.15, 0.2) is 0 Å². The molecule has 0 saturated heterocycles. The van der Waals surface area contributed by atoms with Crippen molar-refractivity contribution in [2.75, 3.05) is 41.2 Å². The fourth-order valence-corrected chi connectivity index (χ4v) is 13.5. The standard InChI is InChI=1S/3C4H9O.ClH.Sn/c3*1-3-4-5-2;;/h3*1,3-4H2,2H3;1H;/q;;;;+1/p-1. The van der Waals surface area contributed by atoms with Crippen LogP contribution >= 0.6 is 8.92 Å². The Bertz CT molecular complexity index is 143. The van der Waals surface area contributed by atoms with Gasteiger partial charge in [0.05, 0.1) is 0 Å². The molecular formula is C12H27ClO3Sn. The monoisotopic (exact) mass is 374 g/mol. The number of rotatable bonds is 12. The van der Waals surface area contributed by atoms with Crippen LogP contribution in [-0.2, 0) is 14.2 Å². The fourth-order valence-electron chi connectivity index (χ4n) is 1.97. The second kappa shape index (κ2) is 12.0. The van der Waals surface area contributed by atoms with Crippen LogP contribution in [0.4, 0.5) is 0 Å². The minimum atomic E-state index is -2.40. The zero-order valence-corrected chi connectivity index (χ0v) is 15.1. The zero-order valence-electron chi connectivity index (χ0n) is 11.5. The van der Waals surface area contributed by atoms with E-state index in [0.717, 1.165) is 39.1 Å². The first kappa shape index (κ1) is 18.0. The van der Waals surface area contributed by atoms with Gasteiger partial charge in [-0.05, 0) is 0 Å². The molecule has 0 spiro atoms. The molecule has 0 aliphatic carbocycles. The summed E-state index contributed by atoms with van der Waals surface area (Å²) in [6, 6.07) is 0. The molecule has 0 aliphatic rings. The van der Waals surface area contributed by atoms with E-state index in [2.05, 4.69) is 0 Å². The number of methoxy groups -OCH3 is 3. The first-order valence-corrected chi connectivity index (χ1v) is 16.0. The third-order valence-electron chi connectivity index (χ3n) is 2.92. The van der Waals surface area contributed by atoms with Crippen molar-refractivity contribution in [3.63, 3.8) is 0 Å². The molecule has 0 aromatic rings. The van der Waals surface area contributed by atoms with E-state index < -0.39 is 17.3 Å². The summed E-state index contributed by atoms with van der Waals surface area (Å²) in [4.78, 5) is 0. The molecule has 0 saturated carbocycles. The van der Waals surface area contributed by atoms with Crippen LogP contribution in [0.3, 0.4) is 0 Å².